The Morgan fingerprint density at radius 3 is 2.39 bits per heavy atom. The van der Waals surface area contributed by atoms with Gasteiger partial charge in [-0.25, -0.2) is 18.0 Å². The van der Waals surface area contributed by atoms with Gasteiger partial charge in [0, 0.05) is 6.07 Å². The van der Waals surface area contributed by atoms with Crippen LogP contribution in [-0.2, 0) is 0 Å². The van der Waals surface area contributed by atoms with Crippen LogP contribution in [0, 0.1) is 33.4 Å². The standard InChI is InChI=1S/C16H6F4N2O6/c17-8-2-1-6(3-10(8)22(26)27)21-5-11(28-16(24)25)15(23)7-4-9(18)12(19)13(20)14(7)21/h1-5H,(H,24,25). The van der Waals surface area contributed by atoms with E-state index >= 15 is 0 Å². The van der Waals surface area contributed by atoms with Crippen molar-refractivity contribution in [1.82, 2.24) is 4.57 Å². The third kappa shape index (κ3) is 3.00. The summed E-state index contributed by atoms with van der Waals surface area (Å²) in [5.74, 6) is -7.65. The second-order valence-corrected chi connectivity index (χ2v) is 5.34. The molecule has 1 heterocycles. The van der Waals surface area contributed by atoms with Gasteiger partial charge in [0.2, 0.25) is 11.2 Å². The summed E-state index contributed by atoms with van der Waals surface area (Å²) >= 11 is 0. The molecule has 1 N–H and O–H groups in total. The summed E-state index contributed by atoms with van der Waals surface area (Å²) in [6.45, 7) is 0. The van der Waals surface area contributed by atoms with Crippen molar-refractivity contribution >= 4 is 22.7 Å². The molecule has 2 aromatic carbocycles. The van der Waals surface area contributed by atoms with Gasteiger partial charge in [-0.15, -0.1) is 0 Å². The highest BCUT2D eigenvalue weighted by atomic mass is 19.2. The molecule has 0 fully saturated rings. The lowest BCUT2D eigenvalue weighted by molar-refractivity contribution is -0.387. The van der Waals surface area contributed by atoms with Gasteiger partial charge in [0.05, 0.1) is 27.7 Å². The molecule has 0 radical (unpaired) electrons. The van der Waals surface area contributed by atoms with Crippen LogP contribution in [-0.4, -0.2) is 20.8 Å². The fraction of sp³-hybridized carbons (Fsp3) is 0. The van der Waals surface area contributed by atoms with Crippen molar-refractivity contribution in [2.75, 3.05) is 0 Å². The van der Waals surface area contributed by atoms with E-state index in [0.717, 1.165) is 6.07 Å². The van der Waals surface area contributed by atoms with Crippen molar-refractivity contribution in [2.24, 2.45) is 0 Å². The first kappa shape index (κ1) is 18.8. The highest BCUT2D eigenvalue weighted by Crippen LogP contribution is 2.28. The number of nitro groups is 1. The summed E-state index contributed by atoms with van der Waals surface area (Å²) in [5, 5.41) is 18.8. The van der Waals surface area contributed by atoms with Crippen LogP contribution in [0.15, 0.2) is 35.3 Å². The van der Waals surface area contributed by atoms with Crippen molar-refractivity contribution in [3.63, 3.8) is 0 Å². The minimum Gasteiger partial charge on any atom is -0.449 e. The average molecular weight is 398 g/mol. The van der Waals surface area contributed by atoms with Gasteiger partial charge in [-0.3, -0.25) is 14.9 Å². The molecule has 3 rings (SSSR count). The lowest BCUT2D eigenvalue weighted by atomic mass is 10.1. The second kappa shape index (κ2) is 6.64. The number of nitro benzene ring substituents is 1. The maximum Gasteiger partial charge on any atom is 0.511 e. The van der Waals surface area contributed by atoms with Gasteiger partial charge in [-0.1, -0.05) is 0 Å². The lowest BCUT2D eigenvalue weighted by Crippen LogP contribution is -2.17. The molecule has 0 unspecified atom stereocenters. The van der Waals surface area contributed by atoms with Gasteiger partial charge >= 0.3 is 11.8 Å². The SMILES string of the molecule is O=C(O)Oc1cn(-c2ccc(F)c([N+](=O)[O-])c2)c2c(F)c(F)c(F)cc2c1=O. The minimum atomic E-state index is -1.94. The van der Waals surface area contributed by atoms with E-state index in [1.54, 1.807) is 0 Å². The van der Waals surface area contributed by atoms with E-state index in [4.69, 9.17) is 5.11 Å². The average Bonchev–Trinajstić information content (AvgIpc) is 2.62. The summed E-state index contributed by atoms with van der Waals surface area (Å²) < 4.78 is 60.1. The largest absolute Gasteiger partial charge is 0.511 e. The zero-order valence-corrected chi connectivity index (χ0v) is 13.3. The zero-order chi connectivity index (χ0) is 20.7. The summed E-state index contributed by atoms with van der Waals surface area (Å²) in [6, 6.07) is 2.51. The Balaban J connectivity index is 2.48. The maximum atomic E-state index is 14.4. The van der Waals surface area contributed by atoms with Gasteiger partial charge in [-0.05, 0) is 18.2 Å². The molecule has 0 atom stereocenters. The van der Waals surface area contributed by atoms with Crippen LogP contribution in [0.2, 0.25) is 0 Å². The normalized spacial score (nSPS) is 10.9. The van der Waals surface area contributed by atoms with Gasteiger partial charge in [0.1, 0.15) is 0 Å². The van der Waals surface area contributed by atoms with Crippen molar-refractivity contribution in [2.45, 2.75) is 0 Å². The Kier molecular flexibility index (Phi) is 4.47. The van der Waals surface area contributed by atoms with Crippen molar-refractivity contribution in [1.29, 1.82) is 0 Å². The predicted molar refractivity (Wildman–Crippen MR) is 84.7 cm³/mol. The van der Waals surface area contributed by atoms with E-state index < -0.39 is 62.1 Å². The van der Waals surface area contributed by atoms with E-state index in [2.05, 4.69) is 4.74 Å². The van der Waals surface area contributed by atoms with Crippen molar-refractivity contribution in [3.8, 4) is 11.4 Å². The molecule has 0 aliphatic heterocycles. The van der Waals surface area contributed by atoms with E-state index in [-0.39, 0.29) is 5.69 Å². The number of fused-ring (bicyclic) bond motifs is 1. The monoisotopic (exact) mass is 398 g/mol. The number of pyridine rings is 1. The molecular weight excluding hydrogens is 392 g/mol. The van der Waals surface area contributed by atoms with E-state index in [1.807, 2.05) is 0 Å². The van der Waals surface area contributed by atoms with Crippen LogP contribution in [0.5, 0.6) is 5.75 Å². The Bertz CT molecular complexity index is 1220. The molecule has 3 aromatic rings. The first-order valence-corrected chi connectivity index (χ1v) is 7.19. The number of hydrogen-bond acceptors (Lipinski definition) is 5. The summed E-state index contributed by atoms with van der Waals surface area (Å²) in [5.41, 5.74) is -3.52. The van der Waals surface area contributed by atoms with Crippen molar-refractivity contribution in [3.05, 3.63) is 74.1 Å². The fourth-order valence-corrected chi connectivity index (χ4v) is 2.53. The number of ether oxygens (including phenoxy) is 1. The molecule has 0 saturated carbocycles. The molecule has 0 bridgehead atoms. The van der Waals surface area contributed by atoms with Gasteiger partial charge in [-0.2, -0.15) is 4.39 Å². The van der Waals surface area contributed by atoms with E-state index in [9.17, 15) is 37.3 Å². The number of carboxylic acid groups (broad SMARTS) is 1. The summed E-state index contributed by atoms with van der Waals surface area (Å²) in [7, 11) is 0. The first-order valence-electron chi connectivity index (χ1n) is 7.19. The quantitative estimate of drug-likeness (QED) is 0.238. The van der Waals surface area contributed by atoms with Crippen LogP contribution < -0.4 is 10.2 Å². The number of carbonyl (C=O) groups is 1. The summed E-state index contributed by atoms with van der Waals surface area (Å²) in [4.78, 5) is 32.9. The number of rotatable bonds is 3. The van der Waals surface area contributed by atoms with Crippen LogP contribution in [0.25, 0.3) is 16.6 Å². The fourth-order valence-electron chi connectivity index (χ4n) is 2.53. The Morgan fingerprint density at radius 2 is 1.79 bits per heavy atom. The van der Waals surface area contributed by atoms with Crippen molar-refractivity contribution < 1.29 is 37.1 Å². The molecule has 8 nitrogen and oxygen atoms in total. The Labute approximate surface area is 151 Å². The molecule has 0 saturated heterocycles. The number of halogens is 4. The van der Waals surface area contributed by atoms with Crippen LogP contribution in [0.1, 0.15) is 0 Å². The molecule has 0 spiro atoms. The molecule has 0 amide bonds. The minimum absolute atomic E-state index is 0.319. The molecule has 0 aliphatic carbocycles. The van der Waals surface area contributed by atoms with Gasteiger partial charge < -0.3 is 14.4 Å². The summed E-state index contributed by atoms with van der Waals surface area (Å²) in [6.07, 6.45) is -1.33. The predicted octanol–water partition coefficient (Wildman–Crippen LogP) is 3.51. The molecule has 1 aromatic heterocycles. The van der Waals surface area contributed by atoms with Crippen LogP contribution in [0.3, 0.4) is 0 Å². The zero-order valence-electron chi connectivity index (χ0n) is 13.3. The molecule has 0 aliphatic rings. The van der Waals surface area contributed by atoms with E-state index in [0.29, 0.717) is 29.0 Å². The van der Waals surface area contributed by atoms with Crippen LogP contribution in [0.4, 0.5) is 28.0 Å². The Hall–Kier alpha value is -3.96. The van der Waals surface area contributed by atoms with Crippen LogP contribution >= 0.6 is 0 Å². The highest BCUT2D eigenvalue weighted by Gasteiger charge is 2.23. The lowest BCUT2D eigenvalue weighted by Gasteiger charge is -2.14. The molecular formula is C16H6F4N2O6. The molecule has 144 valence electrons. The first-order chi connectivity index (χ1) is 13.1. The smallest absolute Gasteiger partial charge is 0.449 e. The van der Waals surface area contributed by atoms with Gasteiger partial charge in [0.25, 0.3) is 0 Å². The number of aromatic nitrogens is 1. The maximum absolute atomic E-state index is 14.4. The Morgan fingerprint density at radius 1 is 1.11 bits per heavy atom. The second-order valence-electron chi connectivity index (χ2n) is 5.34. The number of benzene rings is 2. The molecule has 12 heteroatoms. The number of hydrogen-bond donors (Lipinski definition) is 1. The number of nitrogens with zero attached hydrogens (tertiary/aromatic N) is 2. The third-order valence-corrected chi connectivity index (χ3v) is 3.69. The van der Waals surface area contributed by atoms with E-state index in [1.165, 1.54) is 0 Å². The molecule has 28 heavy (non-hydrogen) atoms. The van der Waals surface area contributed by atoms with Gasteiger partial charge in [0.15, 0.2) is 23.2 Å². The topological polar surface area (TPSA) is 112 Å². The third-order valence-electron chi connectivity index (χ3n) is 3.69. The highest BCUT2D eigenvalue weighted by molar-refractivity contribution is 5.83.